The highest BCUT2D eigenvalue weighted by Crippen LogP contribution is 2.22. The predicted octanol–water partition coefficient (Wildman–Crippen LogP) is 2.81. The minimum Gasteiger partial charge on any atom is -0.323 e. The normalized spacial score (nSPS) is 10.5. The van der Waals surface area contributed by atoms with Gasteiger partial charge in [-0.1, -0.05) is 36.4 Å². The molecule has 0 radical (unpaired) electrons. The number of aryl methyl sites for hydroxylation is 1. The van der Waals surface area contributed by atoms with Crippen molar-refractivity contribution in [3.8, 4) is 11.4 Å². The SMILES string of the molecule is Cc1ccccc1-n1c(C)c(NC=O)c(=O)n1-c1ccccc1. The maximum Gasteiger partial charge on any atom is 0.295 e. The largest absolute Gasteiger partial charge is 0.323 e. The molecule has 0 saturated heterocycles. The van der Waals surface area contributed by atoms with Crippen molar-refractivity contribution in [1.82, 2.24) is 9.36 Å². The van der Waals surface area contributed by atoms with E-state index in [2.05, 4.69) is 5.32 Å². The van der Waals surface area contributed by atoms with Gasteiger partial charge in [0.2, 0.25) is 6.41 Å². The van der Waals surface area contributed by atoms with Crippen LogP contribution >= 0.6 is 0 Å². The van der Waals surface area contributed by atoms with Gasteiger partial charge in [0.1, 0.15) is 5.69 Å². The minimum absolute atomic E-state index is 0.260. The van der Waals surface area contributed by atoms with Gasteiger partial charge in [-0.15, -0.1) is 0 Å². The average Bonchev–Trinajstić information content (AvgIpc) is 2.81. The Balaban J connectivity index is 2.39. The number of carbonyl (C=O) groups excluding carboxylic acids is 1. The van der Waals surface area contributed by atoms with Gasteiger partial charge in [0.05, 0.1) is 17.1 Å². The van der Waals surface area contributed by atoms with Crippen molar-refractivity contribution in [2.75, 3.05) is 5.32 Å². The fraction of sp³-hybridized carbons (Fsp3) is 0.111. The second-order valence-electron chi connectivity index (χ2n) is 5.27. The van der Waals surface area contributed by atoms with Crippen molar-refractivity contribution in [2.45, 2.75) is 13.8 Å². The summed E-state index contributed by atoms with van der Waals surface area (Å²) in [5.41, 5.74) is 3.37. The standard InChI is InChI=1S/C18H17N3O2/c1-13-8-6-7-11-16(13)20-14(2)17(19-12-22)18(23)21(20)15-9-4-3-5-10-15/h3-12H,1-2H3,(H,19,22). The van der Waals surface area contributed by atoms with Crippen LogP contribution in [-0.4, -0.2) is 15.8 Å². The molecule has 116 valence electrons. The molecule has 5 nitrogen and oxygen atoms in total. The number of nitrogens with zero attached hydrogens (tertiary/aromatic N) is 2. The number of hydrogen-bond donors (Lipinski definition) is 1. The summed E-state index contributed by atoms with van der Waals surface area (Å²) in [6.45, 7) is 3.81. The summed E-state index contributed by atoms with van der Waals surface area (Å²) in [5, 5.41) is 2.53. The number of anilines is 1. The first-order valence-corrected chi connectivity index (χ1v) is 7.31. The molecule has 0 saturated carbocycles. The van der Waals surface area contributed by atoms with Gasteiger partial charge in [-0.25, -0.2) is 9.36 Å². The number of hydrogen-bond acceptors (Lipinski definition) is 2. The number of para-hydroxylation sites is 2. The third kappa shape index (κ3) is 2.46. The van der Waals surface area contributed by atoms with Crippen LogP contribution in [0.1, 0.15) is 11.3 Å². The van der Waals surface area contributed by atoms with Crippen LogP contribution in [0.4, 0.5) is 5.69 Å². The summed E-state index contributed by atoms with van der Waals surface area (Å²) in [4.78, 5) is 23.7. The zero-order valence-corrected chi connectivity index (χ0v) is 13.0. The summed E-state index contributed by atoms with van der Waals surface area (Å²) in [7, 11) is 0. The van der Waals surface area contributed by atoms with E-state index in [0.717, 1.165) is 16.9 Å². The van der Waals surface area contributed by atoms with Crippen LogP contribution in [-0.2, 0) is 4.79 Å². The molecule has 1 N–H and O–H groups in total. The number of carbonyl (C=O) groups is 1. The molecule has 3 rings (SSSR count). The second-order valence-corrected chi connectivity index (χ2v) is 5.27. The van der Waals surface area contributed by atoms with Crippen LogP contribution in [0.2, 0.25) is 0 Å². The summed E-state index contributed by atoms with van der Waals surface area (Å²) in [6, 6.07) is 17.2. The first kappa shape index (κ1) is 14.8. The van der Waals surface area contributed by atoms with Gasteiger partial charge in [-0.2, -0.15) is 0 Å². The highest BCUT2D eigenvalue weighted by molar-refractivity contribution is 5.73. The van der Waals surface area contributed by atoms with Crippen molar-refractivity contribution < 1.29 is 4.79 Å². The lowest BCUT2D eigenvalue weighted by molar-refractivity contribution is -0.105. The summed E-state index contributed by atoms with van der Waals surface area (Å²) in [5.74, 6) is 0. The van der Waals surface area contributed by atoms with Crippen molar-refractivity contribution in [1.29, 1.82) is 0 Å². The predicted molar refractivity (Wildman–Crippen MR) is 90.5 cm³/mol. The summed E-state index contributed by atoms with van der Waals surface area (Å²) >= 11 is 0. The average molecular weight is 307 g/mol. The molecule has 0 unspecified atom stereocenters. The van der Waals surface area contributed by atoms with E-state index in [4.69, 9.17) is 0 Å². The van der Waals surface area contributed by atoms with Gasteiger partial charge >= 0.3 is 0 Å². The Morgan fingerprint density at radius 3 is 2.22 bits per heavy atom. The molecule has 0 aliphatic rings. The molecule has 23 heavy (non-hydrogen) atoms. The molecule has 1 aromatic heterocycles. The van der Waals surface area contributed by atoms with Gasteiger partial charge in [0, 0.05) is 0 Å². The topological polar surface area (TPSA) is 56.0 Å². The van der Waals surface area contributed by atoms with E-state index in [0.29, 0.717) is 12.1 Å². The van der Waals surface area contributed by atoms with E-state index in [9.17, 15) is 9.59 Å². The molecule has 3 aromatic rings. The van der Waals surface area contributed by atoms with Crippen LogP contribution in [0.5, 0.6) is 0 Å². The van der Waals surface area contributed by atoms with Crippen molar-refractivity contribution in [3.05, 3.63) is 76.2 Å². The fourth-order valence-corrected chi connectivity index (χ4v) is 2.72. The van der Waals surface area contributed by atoms with E-state index in [1.165, 1.54) is 0 Å². The molecule has 0 spiro atoms. The van der Waals surface area contributed by atoms with Gasteiger partial charge in [-0.05, 0) is 37.6 Å². The molecule has 0 fully saturated rings. The maximum absolute atomic E-state index is 12.8. The zero-order valence-electron chi connectivity index (χ0n) is 13.0. The summed E-state index contributed by atoms with van der Waals surface area (Å²) in [6.07, 6.45) is 0.529. The molecule has 0 bridgehead atoms. The molecule has 1 amide bonds. The van der Waals surface area contributed by atoms with E-state index in [1.54, 1.807) is 4.68 Å². The second kappa shape index (κ2) is 5.96. The van der Waals surface area contributed by atoms with Gasteiger partial charge in [0.15, 0.2) is 0 Å². The Morgan fingerprint density at radius 2 is 1.57 bits per heavy atom. The minimum atomic E-state index is -0.260. The lowest BCUT2D eigenvalue weighted by Gasteiger charge is -2.15. The van der Waals surface area contributed by atoms with Crippen LogP contribution in [0.15, 0.2) is 59.4 Å². The lowest BCUT2D eigenvalue weighted by Crippen LogP contribution is -2.22. The molecule has 0 atom stereocenters. The first-order chi connectivity index (χ1) is 11.1. The quantitative estimate of drug-likeness (QED) is 0.754. The van der Waals surface area contributed by atoms with Crippen LogP contribution in [0.25, 0.3) is 11.4 Å². The molecule has 0 aliphatic carbocycles. The number of nitrogens with one attached hydrogen (secondary N) is 1. The molecule has 0 aliphatic heterocycles. The van der Waals surface area contributed by atoms with Crippen LogP contribution < -0.4 is 10.9 Å². The molecule has 2 aromatic carbocycles. The highest BCUT2D eigenvalue weighted by Gasteiger charge is 2.19. The van der Waals surface area contributed by atoms with Crippen molar-refractivity contribution in [2.24, 2.45) is 0 Å². The van der Waals surface area contributed by atoms with Gasteiger partial charge < -0.3 is 5.32 Å². The molecule has 1 heterocycles. The van der Waals surface area contributed by atoms with E-state index in [-0.39, 0.29) is 11.2 Å². The number of aromatic nitrogens is 2. The third-order valence-electron chi connectivity index (χ3n) is 3.83. The molecular weight excluding hydrogens is 290 g/mol. The Morgan fingerprint density at radius 1 is 0.913 bits per heavy atom. The van der Waals surface area contributed by atoms with Crippen LogP contribution in [0.3, 0.4) is 0 Å². The van der Waals surface area contributed by atoms with Gasteiger partial charge in [0.25, 0.3) is 5.56 Å². The fourth-order valence-electron chi connectivity index (χ4n) is 2.72. The van der Waals surface area contributed by atoms with E-state index in [1.807, 2.05) is 73.1 Å². The number of rotatable bonds is 4. The smallest absolute Gasteiger partial charge is 0.295 e. The Hall–Kier alpha value is -3.08. The molecular formula is C18H17N3O2. The number of benzene rings is 2. The monoisotopic (exact) mass is 307 g/mol. The van der Waals surface area contributed by atoms with E-state index >= 15 is 0 Å². The van der Waals surface area contributed by atoms with E-state index < -0.39 is 0 Å². The number of amides is 1. The Kier molecular flexibility index (Phi) is 3.85. The first-order valence-electron chi connectivity index (χ1n) is 7.31. The Labute approximate surface area is 133 Å². The van der Waals surface area contributed by atoms with Crippen LogP contribution in [0, 0.1) is 13.8 Å². The third-order valence-corrected chi connectivity index (χ3v) is 3.83. The highest BCUT2D eigenvalue weighted by atomic mass is 16.1. The lowest BCUT2D eigenvalue weighted by atomic mass is 10.2. The molecule has 5 heteroatoms. The summed E-state index contributed by atoms with van der Waals surface area (Å²) < 4.78 is 3.41. The maximum atomic E-state index is 12.8. The Bertz CT molecular complexity index is 908. The van der Waals surface area contributed by atoms with Crippen molar-refractivity contribution in [3.63, 3.8) is 0 Å². The zero-order chi connectivity index (χ0) is 16.4. The van der Waals surface area contributed by atoms with Crippen molar-refractivity contribution >= 4 is 12.1 Å². The van der Waals surface area contributed by atoms with Gasteiger partial charge in [-0.3, -0.25) is 9.59 Å².